The van der Waals surface area contributed by atoms with Crippen molar-refractivity contribution in [3.8, 4) is 0 Å². The third-order valence-corrected chi connectivity index (χ3v) is 3.25. The second-order valence-corrected chi connectivity index (χ2v) is 4.79. The van der Waals surface area contributed by atoms with Gasteiger partial charge in [0.25, 0.3) is 0 Å². The lowest BCUT2D eigenvalue weighted by atomic mass is 10.2. The average Bonchev–Trinajstić information content (AvgIpc) is 2.77. The normalized spacial score (nSPS) is 20.8. The molecule has 0 radical (unpaired) electrons. The van der Waals surface area contributed by atoms with E-state index in [1.807, 2.05) is 0 Å². The molecule has 0 bridgehead atoms. The number of methoxy groups -OCH3 is 1. The van der Waals surface area contributed by atoms with Gasteiger partial charge in [-0.15, -0.1) is 0 Å². The zero-order valence-electron chi connectivity index (χ0n) is 11.0. The molecular formula is C13H28N2O. The Balaban J connectivity index is 2.12. The Morgan fingerprint density at radius 3 is 2.81 bits per heavy atom. The van der Waals surface area contributed by atoms with E-state index < -0.39 is 0 Å². The number of hydrogen-bond donors (Lipinski definition) is 1. The van der Waals surface area contributed by atoms with E-state index in [9.17, 15) is 0 Å². The summed E-state index contributed by atoms with van der Waals surface area (Å²) in [6, 6.07) is 0.744. The smallest absolute Gasteiger partial charge is 0.0462 e. The van der Waals surface area contributed by atoms with Crippen molar-refractivity contribution >= 4 is 0 Å². The Hall–Kier alpha value is -0.120. The third kappa shape index (κ3) is 5.83. The number of nitrogens with one attached hydrogen (secondary N) is 1. The van der Waals surface area contributed by atoms with Gasteiger partial charge in [0, 0.05) is 26.3 Å². The van der Waals surface area contributed by atoms with Crippen LogP contribution in [0.2, 0.25) is 0 Å². The molecule has 1 atom stereocenters. The van der Waals surface area contributed by atoms with Gasteiger partial charge in [0.1, 0.15) is 0 Å². The summed E-state index contributed by atoms with van der Waals surface area (Å²) in [4.78, 5) is 2.61. The van der Waals surface area contributed by atoms with Crippen molar-refractivity contribution in [1.82, 2.24) is 10.2 Å². The van der Waals surface area contributed by atoms with Crippen LogP contribution in [0.5, 0.6) is 0 Å². The minimum Gasteiger partial charge on any atom is -0.385 e. The van der Waals surface area contributed by atoms with E-state index >= 15 is 0 Å². The summed E-state index contributed by atoms with van der Waals surface area (Å²) in [5.74, 6) is 0. The summed E-state index contributed by atoms with van der Waals surface area (Å²) in [6.07, 6.45) is 6.43. The van der Waals surface area contributed by atoms with E-state index in [2.05, 4.69) is 17.1 Å². The van der Waals surface area contributed by atoms with Crippen LogP contribution in [0.4, 0.5) is 0 Å². The van der Waals surface area contributed by atoms with Crippen LogP contribution in [0.15, 0.2) is 0 Å². The highest BCUT2D eigenvalue weighted by atomic mass is 16.5. The molecule has 0 aromatic rings. The molecule has 1 rings (SSSR count). The van der Waals surface area contributed by atoms with Gasteiger partial charge in [0.2, 0.25) is 0 Å². The number of unbranched alkanes of at least 4 members (excludes halogenated alkanes) is 1. The van der Waals surface area contributed by atoms with Crippen molar-refractivity contribution in [3.05, 3.63) is 0 Å². The second kappa shape index (κ2) is 8.97. The van der Waals surface area contributed by atoms with E-state index in [-0.39, 0.29) is 0 Å². The van der Waals surface area contributed by atoms with Gasteiger partial charge in [0.05, 0.1) is 0 Å². The monoisotopic (exact) mass is 228 g/mol. The summed E-state index contributed by atoms with van der Waals surface area (Å²) >= 11 is 0. The van der Waals surface area contributed by atoms with Gasteiger partial charge in [0.15, 0.2) is 0 Å². The topological polar surface area (TPSA) is 24.5 Å². The number of nitrogens with zero attached hydrogens (tertiary/aromatic N) is 1. The zero-order chi connectivity index (χ0) is 11.6. The fraction of sp³-hybridized carbons (Fsp3) is 1.00. The van der Waals surface area contributed by atoms with Crippen molar-refractivity contribution in [2.45, 2.75) is 45.1 Å². The first-order valence-corrected chi connectivity index (χ1v) is 6.81. The molecule has 1 N–H and O–H groups in total. The molecule has 0 amide bonds. The molecule has 1 unspecified atom stereocenters. The van der Waals surface area contributed by atoms with Gasteiger partial charge in [-0.1, -0.05) is 6.92 Å². The van der Waals surface area contributed by atoms with E-state index in [0.29, 0.717) is 0 Å². The Morgan fingerprint density at radius 1 is 1.31 bits per heavy atom. The first kappa shape index (κ1) is 13.9. The minimum atomic E-state index is 0.744. The van der Waals surface area contributed by atoms with Crippen molar-refractivity contribution in [3.63, 3.8) is 0 Å². The highest BCUT2D eigenvalue weighted by Crippen LogP contribution is 2.08. The van der Waals surface area contributed by atoms with Crippen LogP contribution < -0.4 is 5.32 Å². The molecule has 0 saturated carbocycles. The Morgan fingerprint density at radius 2 is 2.19 bits per heavy atom. The molecule has 0 aliphatic carbocycles. The largest absolute Gasteiger partial charge is 0.385 e. The molecule has 1 aliphatic rings. The number of hydrogen-bond acceptors (Lipinski definition) is 3. The zero-order valence-corrected chi connectivity index (χ0v) is 11.0. The summed E-state index contributed by atoms with van der Waals surface area (Å²) in [5, 5.41) is 3.58. The van der Waals surface area contributed by atoms with Crippen LogP contribution in [0.25, 0.3) is 0 Å². The Bertz CT molecular complexity index is 158. The summed E-state index contributed by atoms with van der Waals surface area (Å²) < 4.78 is 5.09. The van der Waals surface area contributed by atoms with Crippen LogP contribution in [-0.2, 0) is 4.74 Å². The predicted molar refractivity (Wildman–Crippen MR) is 68.9 cm³/mol. The minimum absolute atomic E-state index is 0.744. The van der Waals surface area contributed by atoms with Crippen molar-refractivity contribution in [1.29, 1.82) is 0 Å². The van der Waals surface area contributed by atoms with Crippen molar-refractivity contribution in [2.75, 3.05) is 39.9 Å². The molecule has 3 heteroatoms. The lowest BCUT2D eigenvalue weighted by Gasteiger charge is -2.25. The number of rotatable bonds is 9. The lowest BCUT2D eigenvalue weighted by molar-refractivity contribution is 0.181. The average molecular weight is 228 g/mol. The van der Waals surface area contributed by atoms with Gasteiger partial charge in [-0.25, -0.2) is 0 Å². The molecule has 3 nitrogen and oxygen atoms in total. The fourth-order valence-corrected chi connectivity index (χ4v) is 2.42. The van der Waals surface area contributed by atoms with E-state index in [4.69, 9.17) is 4.74 Å². The molecule has 1 saturated heterocycles. The van der Waals surface area contributed by atoms with Gasteiger partial charge < -0.3 is 15.0 Å². The maximum absolute atomic E-state index is 5.09. The lowest BCUT2D eigenvalue weighted by Crippen LogP contribution is -2.38. The third-order valence-electron chi connectivity index (χ3n) is 3.25. The van der Waals surface area contributed by atoms with Crippen LogP contribution >= 0.6 is 0 Å². The summed E-state index contributed by atoms with van der Waals surface area (Å²) in [6.45, 7) is 8.10. The standard InChI is InChI=1S/C13H28N2O/c1-3-9-15(10-4-5-11-16-2)12-13-7-6-8-14-13/h13-14H,3-12H2,1-2H3. The Kier molecular flexibility index (Phi) is 7.81. The first-order valence-electron chi connectivity index (χ1n) is 6.81. The maximum atomic E-state index is 5.09. The van der Waals surface area contributed by atoms with Crippen LogP contribution in [0, 0.1) is 0 Å². The van der Waals surface area contributed by atoms with E-state index in [1.165, 1.54) is 58.3 Å². The summed E-state index contributed by atoms with van der Waals surface area (Å²) in [5.41, 5.74) is 0. The highest BCUT2D eigenvalue weighted by Gasteiger charge is 2.16. The van der Waals surface area contributed by atoms with Crippen LogP contribution in [0.1, 0.15) is 39.0 Å². The van der Waals surface area contributed by atoms with Crippen LogP contribution in [0.3, 0.4) is 0 Å². The molecular weight excluding hydrogens is 200 g/mol. The molecule has 0 aromatic heterocycles. The van der Waals surface area contributed by atoms with Crippen molar-refractivity contribution in [2.24, 2.45) is 0 Å². The molecule has 16 heavy (non-hydrogen) atoms. The van der Waals surface area contributed by atoms with Gasteiger partial charge in [-0.2, -0.15) is 0 Å². The second-order valence-electron chi connectivity index (χ2n) is 4.79. The van der Waals surface area contributed by atoms with E-state index in [0.717, 1.165) is 12.6 Å². The van der Waals surface area contributed by atoms with Crippen LogP contribution in [-0.4, -0.2) is 50.8 Å². The molecule has 1 aliphatic heterocycles. The molecule has 1 fully saturated rings. The molecule has 96 valence electrons. The van der Waals surface area contributed by atoms with E-state index in [1.54, 1.807) is 7.11 Å². The van der Waals surface area contributed by atoms with Gasteiger partial charge in [-0.3, -0.25) is 0 Å². The SMILES string of the molecule is CCCN(CCCCOC)CC1CCCN1. The fourth-order valence-electron chi connectivity index (χ4n) is 2.42. The molecule has 0 spiro atoms. The molecule has 1 heterocycles. The maximum Gasteiger partial charge on any atom is 0.0462 e. The van der Waals surface area contributed by atoms with Gasteiger partial charge in [-0.05, 0) is 51.7 Å². The first-order chi connectivity index (χ1) is 7.86. The Labute approximate surface area is 101 Å². The molecule has 0 aromatic carbocycles. The van der Waals surface area contributed by atoms with Gasteiger partial charge >= 0.3 is 0 Å². The highest BCUT2D eigenvalue weighted by molar-refractivity contribution is 4.77. The predicted octanol–water partition coefficient (Wildman–Crippen LogP) is 1.88. The quantitative estimate of drug-likeness (QED) is 0.610. The number of ether oxygens (including phenoxy) is 1. The summed E-state index contributed by atoms with van der Waals surface area (Å²) in [7, 11) is 1.78. The van der Waals surface area contributed by atoms with Crippen molar-refractivity contribution < 1.29 is 4.74 Å².